The molecule has 0 radical (unpaired) electrons. The molecule has 0 saturated heterocycles. The van der Waals surface area contributed by atoms with Gasteiger partial charge in [0.05, 0.1) is 39.8 Å². The number of rotatable bonds is 10. The first-order chi connectivity index (χ1) is 20.4. The summed E-state index contributed by atoms with van der Waals surface area (Å²) in [6.07, 6.45) is -2.85. The van der Waals surface area contributed by atoms with Crippen LogP contribution in [0.5, 0.6) is 0 Å². The molecule has 0 aromatic heterocycles. The third-order valence-corrected chi connectivity index (χ3v) is 7.06. The van der Waals surface area contributed by atoms with Crippen LogP contribution in [-0.4, -0.2) is 23.9 Å². The van der Waals surface area contributed by atoms with Gasteiger partial charge in [-0.05, 0) is 62.9 Å². The van der Waals surface area contributed by atoms with Crippen LogP contribution in [0, 0.1) is 17.1 Å². The number of hydrazine groups is 2. The highest BCUT2D eigenvalue weighted by Crippen LogP contribution is 2.41. The Balaban J connectivity index is 1.82. The summed E-state index contributed by atoms with van der Waals surface area (Å²) >= 11 is 6.62. The lowest BCUT2D eigenvalue weighted by Crippen LogP contribution is -2.41. The summed E-state index contributed by atoms with van der Waals surface area (Å²) in [5.41, 5.74) is 8.03. The lowest BCUT2D eigenvalue weighted by molar-refractivity contribution is -0.154. The maximum absolute atomic E-state index is 14.3. The number of hydrogen-bond donors (Lipinski definition) is 4. The highest BCUT2D eigenvalue weighted by Gasteiger charge is 2.41. The van der Waals surface area contributed by atoms with Gasteiger partial charge in [0.2, 0.25) is 0 Å². The van der Waals surface area contributed by atoms with E-state index in [1.54, 1.807) is 30.3 Å². The van der Waals surface area contributed by atoms with Gasteiger partial charge in [-0.25, -0.2) is 4.39 Å². The Kier molecular flexibility index (Phi) is 9.63. The Labute approximate surface area is 252 Å². The lowest BCUT2D eigenvalue weighted by atomic mass is 9.99. The molecule has 0 unspecified atom stereocenters. The van der Waals surface area contributed by atoms with Crippen LogP contribution < -0.4 is 21.6 Å². The molecular formula is C31H30ClF4N7. The van der Waals surface area contributed by atoms with Crippen molar-refractivity contribution in [3.8, 4) is 6.07 Å². The summed E-state index contributed by atoms with van der Waals surface area (Å²) in [5, 5.41) is 17.6. The van der Waals surface area contributed by atoms with Gasteiger partial charge in [-0.2, -0.15) is 18.4 Å². The third-order valence-electron chi connectivity index (χ3n) is 6.77. The van der Waals surface area contributed by atoms with Crippen LogP contribution in [-0.2, 0) is 0 Å². The van der Waals surface area contributed by atoms with Crippen molar-refractivity contribution in [2.45, 2.75) is 45.1 Å². The third kappa shape index (κ3) is 7.28. The molecule has 0 bridgehead atoms. The van der Waals surface area contributed by atoms with E-state index in [9.17, 15) is 22.8 Å². The van der Waals surface area contributed by atoms with E-state index >= 15 is 0 Å². The molecule has 4 rings (SSSR count). The molecule has 1 aliphatic heterocycles. The molecular weight excluding hydrogens is 582 g/mol. The molecule has 2 atom stereocenters. The van der Waals surface area contributed by atoms with E-state index in [1.165, 1.54) is 43.3 Å². The van der Waals surface area contributed by atoms with Crippen molar-refractivity contribution in [3.63, 3.8) is 0 Å². The minimum absolute atomic E-state index is 0.0182. The Bertz CT molecular complexity index is 1560. The fraction of sp³-hybridized carbons (Fsp3) is 0.226. The van der Waals surface area contributed by atoms with Crippen LogP contribution in [0.1, 0.15) is 49.5 Å². The number of hydrogen-bond acceptors (Lipinski definition) is 7. The molecule has 43 heavy (non-hydrogen) atoms. The van der Waals surface area contributed by atoms with Crippen molar-refractivity contribution in [1.29, 1.82) is 5.26 Å². The van der Waals surface area contributed by atoms with Crippen molar-refractivity contribution in [2.75, 3.05) is 5.32 Å². The molecule has 1 heterocycles. The fourth-order valence-electron chi connectivity index (χ4n) is 4.55. The second kappa shape index (κ2) is 13.2. The van der Waals surface area contributed by atoms with Gasteiger partial charge in [0.1, 0.15) is 11.9 Å². The van der Waals surface area contributed by atoms with Crippen LogP contribution in [0.4, 0.5) is 28.9 Å². The van der Waals surface area contributed by atoms with Crippen LogP contribution in [0.25, 0.3) is 5.70 Å². The van der Waals surface area contributed by atoms with E-state index in [0.29, 0.717) is 16.9 Å². The Morgan fingerprint density at radius 3 is 2.30 bits per heavy atom. The highest BCUT2D eigenvalue weighted by atomic mass is 35.5. The first kappa shape index (κ1) is 31.4. The van der Waals surface area contributed by atoms with Gasteiger partial charge in [0, 0.05) is 23.5 Å². The standard InChI is InChI=1S/C31H30ClF4N7/c1-18(2)43-17-26(41-42-43)28(20-10-12-22(33)13-11-20)39-23-14-24(29(38-4)25(32)15-23)27(19(3)16-37)40-30(31(34,35)36)21-8-6-5-7-9-21/h5-15,17-18,28,30,39-42H,4H2,1-3H3/b27-19-/t28-,30-/m0/s1. The van der Waals surface area contributed by atoms with Gasteiger partial charge in [-0.1, -0.05) is 54.1 Å². The highest BCUT2D eigenvalue weighted by molar-refractivity contribution is 6.33. The maximum Gasteiger partial charge on any atom is 0.412 e. The lowest BCUT2D eigenvalue weighted by Gasteiger charge is -2.27. The molecule has 7 nitrogen and oxygen atoms in total. The SMILES string of the molecule is C=Nc1c(Cl)cc(N[C@H](C2=CN(C(C)C)NN2)c2ccc(F)cc2)cc1/C(N[C@@H](c1ccccc1)C(F)(F)F)=C(\C)C#N. The minimum atomic E-state index is -4.70. The number of nitrogens with zero attached hydrogens (tertiary/aromatic N) is 3. The molecule has 0 amide bonds. The summed E-state index contributed by atoms with van der Waals surface area (Å²) in [6.45, 7) is 8.95. The van der Waals surface area contributed by atoms with Crippen molar-refractivity contribution < 1.29 is 17.6 Å². The van der Waals surface area contributed by atoms with Gasteiger partial charge in [-0.3, -0.25) is 10.0 Å². The van der Waals surface area contributed by atoms with Gasteiger partial charge in [-0.15, -0.1) is 5.53 Å². The zero-order valence-corrected chi connectivity index (χ0v) is 24.4. The van der Waals surface area contributed by atoms with E-state index in [4.69, 9.17) is 11.6 Å². The largest absolute Gasteiger partial charge is 0.412 e. The first-order valence-electron chi connectivity index (χ1n) is 13.3. The van der Waals surface area contributed by atoms with Crippen molar-refractivity contribution in [1.82, 2.24) is 21.3 Å². The zero-order chi connectivity index (χ0) is 31.3. The van der Waals surface area contributed by atoms with E-state index in [-0.39, 0.29) is 39.1 Å². The van der Waals surface area contributed by atoms with Gasteiger partial charge >= 0.3 is 6.18 Å². The topological polar surface area (TPSA) is 87.5 Å². The fourth-order valence-corrected chi connectivity index (χ4v) is 4.83. The molecule has 4 N–H and O–H groups in total. The van der Waals surface area contributed by atoms with Gasteiger partial charge in [0.15, 0.2) is 0 Å². The second-order valence-electron chi connectivity index (χ2n) is 10.1. The first-order valence-corrected chi connectivity index (χ1v) is 13.6. The Morgan fingerprint density at radius 1 is 1.07 bits per heavy atom. The normalized spacial score (nSPS) is 15.2. The Hall–Kier alpha value is -4.53. The number of nitriles is 1. The molecule has 1 aliphatic rings. The van der Waals surface area contributed by atoms with Crippen LogP contribution in [0.3, 0.4) is 0 Å². The van der Waals surface area contributed by atoms with E-state index in [0.717, 1.165) is 0 Å². The average Bonchev–Trinajstić information content (AvgIpc) is 3.47. The summed E-state index contributed by atoms with van der Waals surface area (Å²) in [6, 6.07) is 15.7. The number of alkyl halides is 3. The smallest absolute Gasteiger partial charge is 0.373 e. The van der Waals surface area contributed by atoms with Gasteiger partial charge in [0.25, 0.3) is 0 Å². The minimum Gasteiger partial charge on any atom is -0.373 e. The van der Waals surface area contributed by atoms with Crippen molar-refractivity contribution in [3.05, 3.63) is 112 Å². The number of anilines is 1. The number of aliphatic imine (C=N–C) groups is 1. The molecule has 0 aliphatic carbocycles. The summed E-state index contributed by atoms with van der Waals surface area (Å²) in [5.74, 6) is -0.407. The second-order valence-corrected chi connectivity index (χ2v) is 10.5. The predicted molar refractivity (Wildman–Crippen MR) is 161 cm³/mol. The molecule has 0 spiro atoms. The number of benzene rings is 3. The number of allylic oxidation sites excluding steroid dienone is 1. The van der Waals surface area contributed by atoms with Gasteiger partial charge < -0.3 is 16.1 Å². The van der Waals surface area contributed by atoms with Crippen molar-refractivity contribution in [2.24, 2.45) is 4.99 Å². The van der Waals surface area contributed by atoms with Crippen LogP contribution >= 0.6 is 11.6 Å². The number of halogens is 5. The molecule has 224 valence electrons. The molecule has 0 fully saturated rings. The average molecular weight is 612 g/mol. The monoisotopic (exact) mass is 611 g/mol. The molecule has 0 saturated carbocycles. The Morgan fingerprint density at radius 2 is 1.74 bits per heavy atom. The summed E-state index contributed by atoms with van der Waals surface area (Å²) in [4.78, 5) is 3.99. The van der Waals surface area contributed by atoms with E-state index in [1.807, 2.05) is 31.1 Å². The molecule has 3 aromatic rings. The van der Waals surface area contributed by atoms with Crippen LogP contribution in [0.15, 0.2) is 89.2 Å². The van der Waals surface area contributed by atoms with E-state index in [2.05, 4.69) is 33.3 Å². The maximum atomic E-state index is 14.3. The van der Waals surface area contributed by atoms with Crippen LogP contribution in [0.2, 0.25) is 5.02 Å². The summed E-state index contributed by atoms with van der Waals surface area (Å²) < 4.78 is 56.8. The number of nitrogens with one attached hydrogen (secondary N) is 4. The quantitative estimate of drug-likeness (QED) is 0.107. The van der Waals surface area contributed by atoms with E-state index < -0.39 is 24.1 Å². The van der Waals surface area contributed by atoms with Crippen molar-refractivity contribution >= 4 is 35.4 Å². The molecule has 12 heteroatoms. The zero-order valence-electron chi connectivity index (χ0n) is 23.6. The molecule has 3 aromatic carbocycles. The summed E-state index contributed by atoms with van der Waals surface area (Å²) in [7, 11) is 0. The predicted octanol–water partition coefficient (Wildman–Crippen LogP) is 7.69.